The SMILES string of the molecule is CN1C(=O)N(CC(=O)NC(c2ccccc2)c2ccccc2)C(=O)C12CCCCC2. The number of imide groups is 1. The summed E-state index contributed by atoms with van der Waals surface area (Å²) in [7, 11) is 1.68. The van der Waals surface area contributed by atoms with Crippen molar-refractivity contribution in [3.05, 3.63) is 71.8 Å². The van der Waals surface area contributed by atoms with Crippen molar-refractivity contribution in [3.8, 4) is 0 Å². The third-order valence-electron chi connectivity index (χ3n) is 6.36. The molecule has 0 unspecified atom stereocenters. The van der Waals surface area contributed by atoms with E-state index in [2.05, 4.69) is 5.32 Å². The Morgan fingerprint density at radius 1 is 0.933 bits per heavy atom. The van der Waals surface area contributed by atoms with Crippen molar-refractivity contribution in [1.29, 1.82) is 0 Å². The molecule has 0 aromatic heterocycles. The van der Waals surface area contributed by atoms with E-state index in [-0.39, 0.29) is 30.4 Å². The van der Waals surface area contributed by atoms with Crippen molar-refractivity contribution in [2.24, 2.45) is 0 Å². The summed E-state index contributed by atoms with van der Waals surface area (Å²) in [6.07, 6.45) is 4.26. The zero-order chi connectivity index (χ0) is 21.1. The van der Waals surface area contributed by atoms with Crippen LogP contribution in [0.1, 0.15) is 49.3 Å². The molecule has 1 saturated heterocycles. The molecule has 2 aliphatic rings. The van der Waals surface area contributed by atoms with E-state index in [1.165, 1.54) is 0 Å². The monoisotopic (exact) mass is 405 g/mol. The normalized spacial score (nSPS) is 18.3. The van der Waals surface area contributed by atoms with Gasteiger partial charge in [-0.05, 0) is 24.0 Å². The average molecular weight is 405 g/mol. The molecule has 4 amide bonds. The van der Waals surface area contributed by atoms with Crippen LogP contribution in [0.2, 0.25) is 0 Å². The molecule has 1 saturated carbocycles. The summed E-state index contributed by atoms with van der Waals surface area (Å²) in [6, 6.07) is 18.6. The van der Waals surface area contributed by atoms with E-state index in [9.17, 15) is 14.4 Å². The largest absolute Gasteiger partial charge is 0.344 e. The summed E-state index contributed by atoms with van der Waals surface area (Å²) in [5.74, 6) is -0.587. The number of hydrogen-bond acceptors (Lipinski definition) is 3. The quantitative estimate of drug-likeness (QED) is 0.774. The van der Waals surface area contributed by atoms with Crippen LogP contribution in [0.15, 0.2) is 60.7 Å². The van der Waals surface area contributed by atoms with Crippen LogP contribution < -0.4 is 5.32 Å². The minimum atomic E-state index is -0.770. The number of carbonyl (C=O) groups excluding carboxylic acids is 3. The van der Waals surface area contributed by atoms with Crippen LogP contribution in [-0.2, 0) is 9.59 Å². The first-order valence-corrected chi connectivity index (χ1v) is 10.5. The maximum atomic E-state index is 13.1. The number of nitrogens with zero attached hydrogens (tertiary/aromatic N) is 2. The second-order valence-electron chi connectivity index (χ2n) is 8.15. The second kappa shape index (κ2) is 8.30. The number of urea groups is 1. The van der Waals surface area contributed by atoms with Crippen molar-refractivity contribution in [2.45, 2.75) is 43.7 Å². The van der Waals surface area contributed by atoms with E-state index in [4.69, 9.17) is 0 Å². The number of likely N-dealkylation sites (N-methyl/N-ethyl adjacent to an activating group) is 1. The Morgan fingerprint density at radius 3 is 2.00 bits per heavy atom. The molecule has 2 aromatic rings. The van der Waals surface area contributed by atoms with E-state index >= 15 is 0 Å². The zero-order valence-corrected chi connectivity index (χ0v) is 17.2. The molecule has 1 aliphatic heterocycles. The Labute approximate surface area is 176 Å². The van der Waals surface area contributed by atoms with E-state index in [0.717, 1.165) is 35.3 Å². The number of carbonyl (C=O) groups is 3. The fourth-order valence-corrected chi connectivity index (χ4v) is 4.67. The van der Waals surface area contributed by atoms with E-state index in [0.29, 0.717) is 12.8 Å². The van der Waals surface area contributed by atoms with Crippen molar-refractivity contribution >= 4 is 17.8 Å². The Bertz CT molecular complexity index is 884. The lowest BCUT2D eigenvalue weighted by atomic mass is 9.81. The third-order valence-corrected chi connectivity index (χ3v) is 6.36. The number of benzene rings is 2. The highest BCUT2D eigenvalue weighted by Gasteiger charge is 2.55. The molecule has 1 heterocycles. The fourth-order valence-electron chi connectivity index (χ4n) is 4.67. The Kier molecular flexibility index (Phi) is 5.57. The van der Waals surface area contributed by atoms with E-state index in [1.807, 2.05) is 60.7 Å². The summed E-state index contributed by atoms with van der Waals surface area (Å²) < 4.78 is 0. The number of hydrogen-bond donors (Lipinski definition) is 1. The first-order chi connectivity index (χ1) is 14.5. The summed E-state index contributed by atoms with van der Waals surface area (Å²) >= 11 is 0. The van der Waals surface area contributed by atoms with Gasteiger partial charge >= 0.3 is 6.03 Å². The number of rotatable bonds is 5. The molecule has 1 N–H and O–H groups in total. The molecule has 1 spiro atoms. The first-order valence-electron chi connectivity index (χ1n) is 10.5. The van der Waals surface area contributed by atoms with Gasteiger partial charge in [-0.15, -0.1) is 0 Å². The van der Waals surface area contributed by atoms with Gasteiger partial charge in [-0.25, -0.2) is 4.79 Å². The lowest BCUT2D eigenvalue weighted by Crippen LogP contribution is -2.49. The van der Waals surface area contributed by atoms with Crippen LogP contribution in [0, 0.1) is 0 Å². The molecule has 4 rings (SSSR count). The number of amides is 4. The molecular weight excluding hydrogens is 378 g/mol. The van der Waals surface area contributed by atoms with Gasteiger partial charge in [-0.3, -0.25) is 14.5 Å². The first kappa shape index (κ1) is 20.1. The molecule has 6 heteroatoms. The van der Waals surface area contributed by atoms with Gasteiger partial charge < -0.3 is 10.2 Å². The summed E-state index contributed by atoms with van der Waals surface area (Å²) in [5, 5.41) is 3.02. The van der Waals surface area contributed by atoms with Gasteiger partial charge in [-0.2, -0.15) is 0 Å². The van der Waals surface area contributed by atoms with Crippen LogP contribution in [0.5, 0.6) is 0 Å². The fraction of sp³-hybridized carbons (Fsp3) is 0.375. The lowest BCUT2D eigenvalue weighted by molar-refractivity contribution is -0.137. The maximum Gasteiger partial charge on any atom is 0.327 e. The van der Waals surface area contributed by atoms with E-state index < -0.39 is 5.54 Å². The number of nitrogens with one attached hydrogen (secondary N) is 1. The highest BCUT2D eigenvalue weighted by Crippen LogP contribution is 2.39. The van der Waals surface area contributed by atoms with Gasteiger partial charge in [0.2, 0.25) is 5.91 Å². The zero-order valence-electron chi connectivity index (χ0n) is 17.2. The molecule has 1 aliphatic carbocycles. The molecule has 6 nitrogen and oxygen atoms in total. The summed E-state index contributed by atoms with van der Waals surface area (Å²) in [6.45, 7) is -0.264. The van der Waals surface area contributed by atoms with Gasteiger partial charge in [0.05, 0.1) is 6.04 Å². The van der Waals surface area contributed by atoms with Crippen molar-refractivity contribution in [2.75, 3.05) is 13.6 Å². The molecule has 0 bridgehead atoms. The summed E-state index contributed by atoms with van der Waals surface area (Å²) in [5.41, 5.74) is 1.11. The van der Waals surface area contributed by atoms with E-state index in [1.54, 1.807) is 11.9 Å². The Morgan fingerprint density at radius 2 is 1.47 bits per heavy atom. The van der Waals surface area contributed by atoms with Crippen LogP contribution in [-0.4, -0.2) is 46.8 Å². The van der Waals surface area contributed by atoms with Gasteiger partial charge in [0.15, 0.2) is 0 Å². The van der Waals surface area contributed by atoms with Crippen LogP contribution >= 0.6 is 0 Å². The van der Waals surface area contributed by atoms with Crippen LogP contribution in [0.3, 0.4) is 0 Å². The van der Waals surface area contributed by atoms with Crippen LogP contribution in [0.25, 0.3) is 0 Å². The standard InChI is InChI=1S/C24H27N3O3/c1-26-23(30)27(22(29)24(26)15-9-4-10-16-24)17-20(28)25-21(18-11-5-2-6-12-18)19-13-7-3-8-14-19/h2-3,5-8,11-14,21H,4,9-10,15-17H2,1H3,(H,25,28). The van der Waals surface area contributed by atoms with Crippen molar-refractivity contribution in [1.82, 2.24) is 15.1 Å². The third kappa shape index (κ3) is 3.58. The van der Waals surface area contributed by atoms with Crippen LogP contribution in [0.4, 0.5) is 4.79 Å². The van der Waals surface area contributed by atoms with Gasteiger partial charge in [0.25, 0.3) is 5.91 Å². The van der Waals surface area contributed by atoms with Crippen molar-refractivity contribution < 1.29 is 14.4 Å². The molecule has 2 aromatic carbocycles. The minimum Gasteiger partial charge on any atom is -0.344 e. The second-order valence-corrected chi connectivity index (χ2v) is 8.15. The van der Waals surface area contributed by atoms with Gasteiger partial charge in [-0.1, -0.05) is 79.9 Å². The topological polar surface area (TPSA) is 69.7 Å². The minimum absolute atomic E-state index is 0.235. The predicted octanol–water partition coefficient (Wildman–Crippen LogP) is 3.49. The molecular formula is C24H27N3O3. The Balaban J connectivity index is 1.53. The highest BCUT2D eigenvalue weighted by molar-refractivity contribution is 6.09. The van der Waals surface area contributed by atoms with Crippen molar-refractivity contribution in [3.63, 3.8) is 0 Å². The predicted molar refractivity (Wildman–Crippen MR) is 114 cm³/mol. The highest BCUT2D eigenvalue weighted by atomic mass is 16.2. The lowest BCUT2D eigenvalue weighted by Gasteiger charge is -2.35. The van der Waals surface area contributed by atoms with Gasteiger partial charge in [0, 0.05) is 7.05 Å². The maximum absolute atomic E-state index is 13.1. The van der Waals surface area contributed by atoms with Gasteiger partial charge in [0.1, 0.15) is 12.1 Å². The average Bonchev–Trinajstić information content (AvgIpc) is 2.95. The summed E-state index contributed by atoms with van der Waals surface area (Å²) in [4.78, 5) is 41.6. The Hall–Kier alpha value is -3.15. The smallest absolute Gasteiger partial charge is 0.327 e. The molecule has 30 heavy (non-hydrogen) atoms. The molecule has 0 radical (unpaired) electrons. The molecule has 156 valence electrons. The molecule has 2 fully saturated rings. The molecule has 0 atom stereocenters.